The Morgan fingerprint density at radius 2 is 1.90 bits per heavy atom. The number of carbonyl (C=O) groups is 1. The third-order valence-electron chi connectivity index (χ3n) is 10.1. The smallest absolute Gasteiger partial charge is 0.159 e. The summed E-state index contributed by atoms with van der Waals surface area (Å²) in [6.07, 6.45) is 4.27. The fourth-order valence-electron chi connectivity index (χ4n) is 7.93. The number of hydrogen-bond donors (Lipinski definition) is 3. The molecule has 3 saturated carbocycles. The van der Waals surface area contributed by atoms with E-state index in [0.29, 0.717) is 37.8 Å². The van der Waals surface area contributed by atoms with Crippen LogP contribution in [-0.4, -0.2) is 77.2 Å². The molecule has 6 heteroatoms. The quantitative estimate of drug-likeness (QED) is 0.613. The van der Waals surface area contributed by atoms with E-state index in [9.17, 15) is 20.1 Å². The number of aliphatic hydroxyl groups excluding tert-OH is 2. The maximum atomic E-state index is 13.2. The lowest BCUT2D eigenvalue weighted by Gasteiger charge is -2.60. The van der Waals surface area contributed by atoms with Gasteiger partial charge >= 0.3 is 0 Å². The molecule has 176 valence electrons. The largest absolute Gasteiger partial charge is 0.390 e. The first-order valence-electron chi connectivity index (χ1n) is 12.0. The molecule has 0 spiro atoms. The Labute approximate surface area is 186 Å². The fourth-order valence-corrected chi connectivity index (χ4v) is 7.93. The summed E-state index contributed by atoms with van der Waals surface area (Å²) in [5, 5.41) is 32.9. The number of aliphatic hydroxyl groups is 3. The molecule has 0 aromatic carbocycles. The molecule has 0 aliphatic heterocycles. The van der Waals surface area contributed by atoms with Gasteiger partial charge in [-0.3, -0.25) is 4.79 Å². The Balaban J connectivity index is 1.67. The van der Waals surface area contributed by atoms with Crippen molar-refractivity contribution in [2.75, 3.05) is 27.3 Å². The van der Waals surface area contributed by atoms with Crippen molar-refractivity contribution < 1.29 is 24.9 Å². The standard InChI is InChI=1S/C25H41NO5/c1-15(26(4)10-11-31-5)16-7-9-25(30)18-12-20(27)19-13-21(28)22(29)14-23(19,2)17(18)6-8-24(16,25)3/h12,15-17,19,21-22,28-30H,6-11,13-14H2,1-5H3/t15?,16?,17?,19?,21?,22?,23?,24?,25-/m1/s1. The second kappa shape index (κ2) is 7.91. The van der Waals surface area contributed by atoms with E-state index in [1.165, 1.54) is 0 Å². The number of hydrogen-bond acceptors (Lipinski definition) is 6. The normalized spacial score (nSPS) is 48.1. The minimum Gasteiger partial charge on any atom is -0.390 e. The molecule has 3 fully saturated rings. The van der Waals surface area contributed by atoms with Crippen LogP contribution in [0.2, 0.25) is 0 Å². The molecule has 4 aliphatic rings. The van der Waals surface area contributed by atoms with Gasteiger partial charge in [0.25, 0.3) is 0 Å². The van der Waals surface area contributed by atoms with Crippen molar-refractivity contribution in [3.05, 3.63) is 11.6 Å². The van der Waals surface area contributed by atoms with Crippen LogP contribution >= 0.6 is 0 Å². The molecule has 6 nitrogen and oxygen atoms in total. The molecular formula is C25H41NO5. The average Bonchev–Trinajstić information content (AvgIpc) is 2.99. The number of ether oxygens (including phenoxy) is 1. The van der Waals surface area contributed by atoms with Crippen molar-refractivity contribution in [1.82, 2.24) is 4.90 Å². The molecule has 9 atom stereocenters. The summed E-state index contributed by atoms with van der Waals surface area (Å²) < 4.78 is 5.26. The van der Waals surface area contributed by atoms with E-state index in [-0.39, 0.29) is 23.0 Å². The molecule has 0 radical (unpaired) electrons. The molecular weight excluding hydrogens is 394 g/mol. The molecule has 3 N–H and O–H groups in total. The van der Waals surface area contributed by atoms with Crippen LogP contribution in [0.25, 0.3) is 0 Å². The Bertz CT molecular complexity index is 754. The number of likely N-dealkylation sites (N-methyl/N-ethyl adjacent to an activating group) is 1. The van der Waals surface area contributed by atoms with Crippen LogP contribution in [-0.2, 0) is 9.53 Å². The minimum absolute atomic E-state index is 0.0195. The van der Waals surface area contributed by atoms with Crippen molar-refractivity contribution >= 4 is 5.78 Å². The monoisotopic (exact) mass is 435 g/mol. The number of methoxy groups -OCH3 is 1. The molecule has 0 saturated heterocycles. The summed E-state index contributed by atoms with van der Waals surface area (Å²) in [6.45, 7) is 8.11. The molecule has 4 aliphatic carbocycles. The summed E-state index contributed by atoms with van der Waals surface area (Å²) in [7, 11) is 3.84. The molecule has 0 aromatic heterocycles. The van der Waals surface area contributed by atoms with Gasteiger partial charge in [-0.2, -0.15) is 0 Å². The van der Waals surface area contributed by atoms with Crippen molar-refractivity contribution in [3.8, 4) is 0 Å². The number of carbonyl (C=O) groups excluding carboxylic acids is 1. The van der Waals surface area contributed by atoms with Crippen LogP contribution in [0, 0.1) is 28.6 Å². The Morgan fingerprint density at radius 3 is 2.58 bits per heavy atom. The SMILES string of the molecule is COCCN(C)C(C)C1CC[C@@]2(O)C3=CC(=O)C4CC(O)C(O)CC4(C)C3CCC12C. The Hall–Kier alpha value is -0.790. The van der Waals surface area contributed by atoms with Gasteiger partial charge in [-0.05, 0) is 81.4 Å². The molecule has 31 heavy (non-hydrogen) atoms. The number of ketones is 1. The van der Waals surface area contributed by atoms with Gasteiger partial charge in [0.2, 0.25) is 0 Å². The number of allylic oxidation sites excluding steroid dienone is 1. The predicted octanol–water partition coefficient (Wildman–Crippen LogP) is 2.16. The van der Waals surface area contributed by atoms with Gasteiger partial charge < -0.3 is 25.0 Å². The summed E-state index contributed by atoms with van der Waals surface area (Å²) in [5.74, 6) is 0.159. The van der Waals surface area contributed by atoms with Crippen molar-refractivity contribution in [2.24, 2.45) is 28.6 Å². The van der Waals surface area contributed by atoms with Crippen LogP contribution in [0.3, 0.4) is 0 Å². The van der Waals surface area contributed by atoms with E-state index in [4.69, 9.17) is 4.74 Å². The highest BCUT2D eigenvalue weighted by Crippen LogP contribution is 2.67. The van der Waals surface area contributed by atoms with Crippen LogP contribution in [0.5, 0.6) is 0 Å². The number of rotatable bonds is 5. The van der Waals surface area contributed by atoms with Gasteiger partial charge in [-0.15, -0.1) is 0 Å². The maximum absolute atomic E-state index is 13.2. The van der Waals surface area contributed by atoms with Crippen LogP contribution in [0.15, 0.2) is 11.6 Å². The van der Waals surface area contributed by atoms with Gasteiger partial charge in [-0.1, -0.05) is 13.8 Å². The summed E-state index contributed by atoms with van der Waals surface area (Å²) >= 11 is 0. The molecule has 8 unspecified atom stereocenters. The first kappa shape index (κ1) is 23.4. The fraction of sp³-hybridized carbons (Fsp3) is 0.880. The molecule has 0 bridgehead atoms. The second-order valence-corrected chi connectivity index (χ2v) is 11.4. The average molecular weight is 436 g/mol. The lowest BCUT2D eigenvalue weighted by Crippen LogP contribution is -2.61. The second-order valence-electron chi connectivity index (χ2n) is 11.4. The van der Waals surface area contributed by atoms with Gasteiger partial charge in [0.15, 0.2) is 5.78 Å². The molecule has 0 aromatic rings. The Morgan fingerprint density at radius 1 is 1.19 bits per heavy atom. The third kappa shape index (κ3) is 3.28. The van der Waals surface area contributed by atoms with E-state index >= 15 is 0 Å². The summed E-state index contributed by atoms with van der Waals surface area (Å²) in [4.78, 5) is 15.5. The highest BCUT2D eigenvalue weighted by atomic mass is 16.5. The van der Waals surface area contributed by atoms with Gasteiger partial charge in [0.1, 0.15) is 0 Å². The minimum atomic E-state index is -0.985. The van der Waals surface area contributed by atoms with Crippen molar-refractivity contribution in [3.63, 3.8) is 0 Å². The van der Waals surface area contributed by atoms with E-state index < -0.39 is 23.2 Å². The third-order valence-corrected chi connectivity index (χ3v) is 10.1. The van der Waals surface area contributed by atoms with Gasteiger partial charge in [0, 0.05) is 31.0 Å². The van der Waals surface area contributed by atoms with Crippen LogP contribution < -0.4 is 0 Å². The highest BCUT2D eigenvalue weighted by molar-refractivity contribution is 5.95. The first-order valence-corrected chi connectivity index (χ1v) is 12.0. The van der Waals surface area contributed by atoms with E-state index in [1.54, 1.807) is 13.2 Å². The summed E-state index contributed by atoms with van der Waals surface area (Å²) in [5.41, 5.74) is -0.771. The van der Waals surface area contributed by atoms with Gasteiger partial charge in [-0.25, -0.2) is 0 Å². The van der Waals surface area contributed by atoms with Crippen molar-refractivity contribution in [1.29, 1.82) is 0 Å². The zero-order valence-corrected chi connectivity index (χ0v) is 19.8. The van der Waals surface area contributed by atoms with Crippen LogP contribution in [0.1, 0.15) is 59.3 Å². The topological polar surface area (TPSA) is 90.2 Å². The van der Waals surface area contributed by atoms with Gasteiger partial charge in [0.05, 0.1) is 24.4 Å². The lowest BCUT2D eigenvalue weighted by molar-refractivity contribution is -0.153. The lowest BCUT2D eigenvalue weighted by atomic mass is 9.46. The maximum Gasteiger partial charge on any atom is 0.159 e. The molecule has 0 amide bonds. The van der Waals surface area contributed by atoms with E-state index in [2.05, 4.69) is 32.7 Å². The van der Waals surface area contributed by atoms with E-state index in [1.807, 2.05) is 0 Å². The highest BCUT2D eigenvalue weighted by Gasteiger charge is 2.67. The first-order chi connectivity index (χ1) is 14.5. The predicted molar refractivity (Wildman–Crippen MR) is 118 cm³/mol. The molecule has 4 rings (SSSR count). The van der Waals surface area contributed by atoms with Crippen LogP contribution in [0.4, 0.5) is 0 Å². The number of fused-ring (bicyclic) bond motifs is 5. The summed E-state index contributed by atoms with van der Waals surface area (Å²) in [6, 6.07) is 0.306. The number of nitrogens with zero attached hydrogens (tertiary/aromatic N) is 1. The zero-order valence-electron chi connectivity index (χ0n) is 19.8. The molecule has 0 heterocycles. The zero-order chi connectivity index (χ0) is 22.8. The van der Waals surface area contributed by atoms with Crippen molar-refractivity contribution in [2.45, 2.75) is 83.1 Å². The Kier molecular flexibility index (Phi) is 5.96. The van der Waals surface area contributed by atoms with E-state index in [0.717, 1.165) is 31.4 Å².